The van der Waals surface area contributed by atoms with Crippen LogP contribution in [-0.2, 0) is 16.6 Å². The first-order valence-corrected chi connectivity index (χ1v) is 16.2. The number of likely N-dealkylation sites (tertiary alicyclic amines) is 1. The number of non-ortho nitro benzene ring substituents is 1. The molecule has 1 aliphatic rings. The van der Waals surface area contributed by atoms with Crippen molar-refractivity contribution < 1.29 is 23.2 Å². The molecule has 1 amide bonds. The monoisotopic (exact) mass is 619 g/mol. The predicted octanol–water partition coefficient (Wildman–Crippen LogP) is 4.50. The molecule has 0 aliphatic carbocycles. The summed E-state index contributed by atoms with van der Waals surface area (Å²) >= 11 is 0. The van der Waals surface area contributed by atoms with Gasteiger partial charge in [-0.25, -0.2) is 12.7 Å². The quantitative estimate of drug-likeness (QED) is 0.148. The molecule has 0 N–H and O–H groups in total. The van der Waals surface area contributed by atoms with E-state index in [9.17, 15) is 28.4 Å². The average molecular weight is 620 g/mol. The van der Waals surface area contributed by atoms with Crippen LogP contribution in [0.2, 0.25) is 0 Å². The zero-order chi connectivity index (χ0) is 31.5. The molecule has 1 aliphatic heterocycles. The largest absolute Gasteiger partial charge is 0.530 e. The van der Waals surface area contributed by atoms with Gasteiger partial charge in [0.05, 0.1) is 9.82 Å². The number of sulfonamides is 1. The maximum Gasteiger partial charge on any atom is 0.269 e. The molecule has 0 saturated carbocycles. The Morgan fingerprint density at radius 3 is 2.20 bits per heavy atom. The zero-order valence-electron chi connectivity index (χ0n) is 24.9. The molecule has 4 rings (SSSR count). The molecule has 1 atom stereocenters. The van der Waals surface area contributed by atoms with Crippen molar-refractivity contribution in [2.75, 3.05) is 39.8 Å². The highest BCUT2D eigenvalue weighted by Gasteiger charge is 2.26. The summed E-state index contributed by atoms with van der Waals surface area (Å²) in [6.07, 6.45) is 5.35. The number of likely N-dealkylation sites (N-methyl/N-ethyl adjacent to an activating group) is 1. The van der Waals surface area contributed by atoms with Crippen molar-refractivity contribution in [1.82, 2.24) is 14.1 Å². The van der Waals surface area contributed by atoms with E-state index in [-0.39, 0.29) is 24.7 Å². The highest BCUT2D eigenvalue weighted by molar-refractivity contribution is 7.89. The van der Waals surface area contributed by atoms with Gasteiger partial charge in [0.25, 0.3) is 5.69 Å². The van der Waals surface area contributed by atoms with Gasteiger partial charge in [-0.2, -0.15) is 0 Å². The van der Waals surface area contributed by atoms with Crippen molar-refractivity contribution in [3.8, 4) is 0 Å². The fraction of sp³-hybridized carbons (Fsp3) is 0.364. The topological polar surface area (TPSA) is 127 Å². The number of nitrogens with zero attached hydrogens (tertiary/aromatic N) is 4. The molecular weight excluding hydrogens is 580 g/mol. The third-order valence-corrected chi connectivity index (χ3v) is 9.98. The number of carboxylic acid groups (broad SMARTS) is 1. The molecule has 11 heteroatoms. The number of amides is 1. The lowest BCUT2D eigenvalue weighted by atomic mass is 9.93. The minimum Gasteiger partial charge on any atom is -0.530 e. The lowest BCUT2D eigenvalue weighted by molar-refractivity contribution is -0.384. The van der Waals surface area contributed by atoms with Gasteiger partial charge in [-0.15, -0.1) is 0 Å². The Hall–Kier alpha value is -4.06. The number of hydrogen-bond acceptors (Lipinski definition) is 7. The van der Waals surface area contributed by atoms with Gasteiger partial charge in [-0.1, -0.05) is 72.8 Å². The number of carbonyl (C=O) groups excluding carboxylic acids is 1. The Labute approximate surface area is 259 Å². The Morgan fingerprint density at radius 2 is 1.61 bits per heavy atom. The molecule has 1 saturated heterocycles. The van der Waals surface area contributed by atoms with E-state index in [0.29, 0.717) is 22.9 Å². The van der Waals surface area contributed by atoms with Crippen molar-refractivity contribution in [1.29, 1.82) is 0 Å². The third kappa shape index (κ3) is 9.22. The smallest absolute Gasteiger partial charge is 0.269 e. The number of benzene rings is 3. The minimum atomic E-state index is -3.59. The maximum atomic E-state index is 13.2. The standard InChI is InChI=1S/C33H40N4O6S/c1-34(44(42,43)32-12-6-3-7-13-32)26-30(29-10-4-2-5-11-29)20-24-35-22-18-27(19-23-35)9-8-21-36(33(38)39)25-28-14-16-31(17-15-28)37(40)41/h2-17,27,30H,18-26H2,1H3,(H,38,39)/p-1. The van der Waals surface area contributed by atoms with Crippen LogP contribution in [0.25, 0.3) is 0 Å². The van der Waals surface area contributed by atoms with E-state index in [1.807, 2.05) is 24.3 Å². The lowest BCUT2D eigenvalue weighted by Crippen LogP contribution is -2.40. The number of allylic oxidation sites excluding steroid dienone is 1. The highest BCUT2D eigenvalue weighted by atomic mass is 32.2. The number of nitro groups is 1. The van der Waals surface area contributed by atoms with Crippen LogP contribution in [0, 0.1) is 16.0 Å². The number of hydrogen-bond donors (Lipinski definition) is 0. The van der Waals surface area contributed by atoms with E-state index < -0.39 is 21.0 Å². The Balaban J connectivity index is 1.27. The second kappa shape index (κ2) is 15.6. The summed E-state index contributed by atoms with van der Waals surface area (Å²) in [6, 6.07) is 24.4. The van der Waals surface area contributed by atoms with Crippen molar-refractivity contribution >= 4 is 21.8 Å². The molecule has 0 aromatic heterocycles. The fourth-order valence-electron chi connectivity index (χ4n) is 5.50. The zero-order valence-corrected chi connectivity index (χ0v) is 25.7. The molecule has 10 nitrogen and oxygen atoms in total. The SMILES string of the molecule is CN(CC(CCN1CCC(C=CCN(Cc2ccc([N+](=O)[O-])cc2)C(=O)[O-])CC1)c1ccccc1)S(=O)(=O)c1ccccc1. The molecular formula is C33H39N4O6S-. The summed E-state index contributed by atoms with van der Waals surface area (Å²) in [7, 11) is -1.95. The van der Waals surface area contributed by atoms with Gasteiger partial charge < -0.3 is 19.7 Å². The van der Waals surface area contributed by atoms with Gasteiger partial charge in [0, 0.05) is 38.8 Å². The van der Waals surface area contributed by atoms with Gasteiger partial charge in [0.2, 0.25) is 10.0 Å². The normalized spacial score (nSPS) is 15.4. The van der Waals surface area contributed by atoms with Crippen LogP contribution in [-0.4, -0.2) is 73.3 Å². The van der Waals surface area contributed by atoms with E-state index in [1.165, 1.54) is 21.3 Å². The fourth-order valence-corrected chi connectivity index (χ4v) is 6.74. The summed E-state index contributed by atoms with van der Waals surface area (Å²) in [4.78, 5) is 25.9. The van der Waals surface area contributed by atoms with Crippen LogP contribution < -0.4 is 5.11 Å². The Morgan fingerprint density at radius 1 is 1.00 bits per heavy atom. The maximum absolute atomic E-state index is 13.2. The van der Waals surface area contributed by atoms with Crippen molar-refractivity contribution in [3.63, 3.8) is 0 Å². The summed E-state index contributed by atoms with van der Waals surface area (Å²) in [5.74, 6) is 0.380. The molecule has 1 fully saturated rings. The number of piperidine rings is 1. The first kappa shape index (κ1) is 32.8. The van der Waals surface area contributed by atoms with Gasteiger partial charge in [-0.05, 0) is 74.0 Å². The van der Waals surface area contributed by atoms with Crippen LogP contribution in [0.1, 0.15) is 36.3 Å². The second-order valence-electron chi connectivity index (χ2n) is 11.2. The van der Waals surface area contributed by atoms with Crippen LogP contribution in [0.3, 0.4) is 0 Å². The van der Waals surface area contributed by atoms with Crippen molar-refractivity contribution in [2.24, 2.45) is 5.92 Å². The van der Waals surface area contributed by atoms with Gasteiger partial charge >= 0.3 is 0 Å². The van der Waals surface area contributed by atoms with E-state index in [2.05, 4.69) is 23.1 Å². The molecule has 234 valence electrons. The Kier molecular flexibility index (Phi) is 11.6. The number of nitro benzene ring substituents is 1. The highest BCUT2D eigenvalue weighted by Crippen LogP contribution is 2.26. The molecule has 3 aromatic carbocycles. The molecule has 1 heterocycles. The van der Waals surface area contributed by atoms with Crippen LogP contribution in [0.5, 0.6) is 0 Å². The number of rotatable bonds is 14. The second-order valence-corrected chi connectivity index (χ2v) is 13.2. The van der Waals surface area contributed by atoms with Gasteiger partial charge in [0.1, 0.15) is 6.09 Å². The minimum absolute atomic E-state index is 0.0427. The molecule has 0 bridgehead atoms. The average Bonchev–Trinajstić information content (AvgIpc) is 3.04. The number of carbonyl (C=O) groups is 1. The molecule has 0 spiro atoms. The lowest BCUT2D eigenvalue weighted by Gasteiger charge is -2.32. The summed E-state index contributed by atoms with van der Waals surface area (Å²) < 4.78 is 27.8. The van der Waals surface area contributed by atoms with Gasteiger partial charge in [-0.3, -0.25) is 10.1 Å². The van der Waals surface area contributed by atoms with Crippen LogP contribution in [0.4, 0.5) is 10.5 Å². The molecule has 44 heavy (non-hydrogen) atoms. The Bertz CT molecular complexity index is 1490. The molecule has 1 unspecified atom stereocenters. The van der Waals surface area contributed by atoms with Crippen molar-refractivity contribution in [3.05, 3.63) is 118 Å². The summed E-state index contributed by atoms with van der Waals surface area (Å²) in [6.45, 7) is 3.31. The predicted molar refractivity (Wildman–Crippen MR) is 167 cm³/mol. The third-order valence-electron chi connectivity index (χ3n) is 8.14. The van der Waals surface area contributed by atoms with E-state index in [0.717, 1.165) is 44.5 Å². The van der Waals surface area contributed by atoms with Gasteiger partial charge in [0.15, 0.2) is 0 Å². The van der Waals surface area contributed by atoms with Crippen LogP contribution >= 0.6 is 0 Å². The van der Waals surface area contributed by atoms with E-state index in [4.69, 9.17) is 0 Å². The van der Waals surface area contributed by atoms with E-state index in [1.54, 1.807) is 49.5 Å². The first-order chi connectivity index (χ1) is 21.1. The summed E-state index contributed by atoms with van der Waals surface area (Å²) in [5.41, 5.74) is 1.73. The van der Waals surface area contributed by atoms with Crippen molar-refractivity contribution in [2.45, 2.75) is 36.6 Å². The van der Waals surface area contributed by atoms with Crippen LogP contribution in [0.15, 0.2) is 102 Å². The summed E-state index contributed by atoms with van der Waals surface area (Å²) in [5, 5.41) is 22.5. The molecule has 3 aromatic rings. The molecule has 0 radical (unpaired) electrons. The first-order valence-electron chi connectivity index (χ1n) is 14.8. The van der Waals surface area contributed by atoms with E-state index >= 15 is 0 Å².